The maximum Gasteiger partial charge on any atom is 0.244 e. The Balaban J connectivity index is 1.60. The fourth-order valence-corrected chi connectivity index (χ4v) is 12.5. The molecule has 2 aliphatic carbocycles. The van der Waals surface area contributed by atoms with Crippen molar-refractivity contribution < 1.29 is 8.42 Å². The molecule has 202 valence electrons. The zero-order chi connectivity index (χ0) is 27.4. The number of hydrogen-bond donors (Lipinski definition) is 0. The van der Waals surface area contributed by atoms with Gasteiger partial charge in [-0.15, -0.1) is 0 Å². The van der Waals surface area contributed by atoms with E-state index in [-0.39, 0.29) is 16.9 Å². The van der Waals surface area contributed by atoms with Gasteiger partial charge in [0.15, 0.2) is 0 Å². The lowest BCUT2D eigenvalue weighted by molar-refractivity contribution is 0.0870. The van der Waals surface area contributed by atoms with E-state index in [0.717, 1.165) is 39.5 Å². The lowest BCUT2D eigenvalue weighted by Crippen LogP contribution is -2.50. The van der Waals surface area contributed by atoms with Gasteiger partial charge in [-0.1, -0.05) is 119 Å². The Morgan fingerprint density at radius 1 is 0.821 bits per heavy atom. The van der Waals surface area contributed by atoms with Gasteiger partial charge in [0.25, 0.3) is 0 Å². The maximum absolute atomic E-state index is 14.9. The summed E-state index contributed by atoms with van der Waals surface area (Å²) < 4.78 is 31.8. The van der Waals surface area contributed by atoms with Gasteiger partial charge in [0, 0.05) is 17.9 Å². The minimum atomic E-state index is -3.78. The normalized spacial score (nSPS) is 24.2. The molecule has 2 aliphatic rings. The minimum Gasteiger partial charge on any atom is -0.207 e. The number of benzene rings is 4. The highest BCUT2D eigenvalue weighted by Gasteiger charge is 2.63. The van der Waals surface area contributed by atoms with Crippen molar-refractivity contribution in [3.63, 3.8) is 0 Å². The third-order valence-corrected chi connectivity index (χ3v) is 14.8. The van der Waals surface area contributed by atoms with E-state index < -0.39 is 17.9 Å². The van der Waals surface area contributed by atoms with Crippen LogP contribution >= 0.6 is 7.92 Å². The molecule has 4 aromatic rings. The Morgan fingerprint density at radius 3 is 1.95 bits per heavy atom. The molecular weight excluding hydrogens is 517 g/mol. The standard InChI is InChI=1S/C34H38NO2PS/c1-5-35(31-24-26-22-23-34(31,4)33(26,2)3)39(36,37)30-21-20-25-14-12-13-19-29(25)32(30)38(27-15-8-6-9-16-27)28-17-10-7-11-18-28/h6-21,26,31H,5,22-24H2,1-4H3/t26-,31-,34+/m1/s1. The molecule has 2 saturated carbocycles. The summed E-state index contributed by atoms with van der Waals surface area (Å²) in [5.74, 6) is 0.568. The van der Waals surface area contributed by atoms with Gasteiger partial charge in [-0.2, -0.15) is 4.31 Å². The molecule has 3 atom stereocenters. The van der Waals surface area contributed by atoms with Crippen molar-refractivity contribution in [3.8, 4) is 0 Å². The van der Waals surface area contributed by atoms with Gasteiger partial charge in [0.1, 0.15) is 0 Å². The molecule has 0 aliphatic heterocycles. The molecule has 5 heteroatoms. The van der Waals surface area contributed by atoms with Crippen LogP contribution in [0.25, 0.3) is 10.8 Å². The van der Waals surface area contributed by atoms with Crippen molar-refractivity contribution in [1.29, 1.82) is 0 Å². The molecule has 0 spiro atoms. The van der Waals surface area contributed by atoms with Crippen molar-refractivity contribution in [2.75, 3.05) is 6.54 Å². The third-order valence-electron chi connectivity index (χ3n) is 10.1. The van der Waals surface area contributed by atoms with Gasteiger partial charge in [-0.3, -0.25) is 0 Å². The molecule has 0 unspecified atom stereocenters. The summed E-state index contributed by atoms with van der Waals surface area (Å²) >= 11 is 0. The molecule has 6 rings (SSSR count). The average Bonchev–Trinajstić information content (AvgIpc) is 3.29. The molecular formula is C34H38NO2PS. The van der Waals surface area contributed by atoms with Crippen molar-refractivity contribution in [3.05, 3.63) is 97.1 Å². The summed E-state index contributed by atoms with van der Waals surface area (Å²) in [6, 6.07) is 33.0. The minimum absolute atomic E-state index is 0.0141. The van der Waals surface area contributed by atoms with E-state index in [4.69, 9.17) is 0 Å². The zero-order valence-electron chi connectivity index (χ0n) is 23.3. The summed E-state index contributed by atoms with van der Waals surface area (Å²) in [5.41, 5.74) is 0.106. The van der Waals surface area contributed by atoms with Gasteiger partial charge < -0.3 is 0 Å². The first kappa shape index (κ1) is 26.7. The number of fused-ring (bicyclic) bond motifs is 3. The van der Waals surface area contributed by atoms with Crippen LogP contribution in [0.3, 0.4) is 0 Å². The van der Waals surface area contributed by atoms with Crippen molar-refractivity contribution in [1.82, 2.24) is 4.31 Å². The Kier molecular flexibility index (Phi) is 6.73. The zero-order valence-corrected chi connectivity index (χ0v) is 25.1. The van der Waals surface area contributed by atoms with Gasteiger partial charge in [-0.25, -0.2) is 8.42 Å². The fraction of sp³-hybridized carbons (Fsp3) is 0.353. The number of nitrogens with zero attached hydrogens (tertiary/aromatic N) is 1. The highest BCUT2D eigenvalue weighted by molar-refractivity contribution is 7.91. The van der Waals surface area contributed by atoms with Gasteiger partial charge in [-0.05, 0) is 71.4 Å². The molecule has 0 saturated heterocycles. The Bertz CT molecular complexity index is 1560. The molecule has 0 radical (unpaired) electrons. The first-order valence-corrected chi connectivity index (χ1v) is 16.9. The van der Waals surface area contributed by atoms with E-state index in [9.17, 15) is 8.42 Å². The topological polar surface area (TPSA) is 37.4 Å². The van der Waals surface area contributed by atoms with Crippen LogP contribution in [-0.4, -0.2) is 25.3 Å². The van der Waals surface area contributed by atoms with Crippen LogP contribution in [0.5, 0.6) is 0 Å². The van der Waals surface area contributed by atoms with E-state index >= 15 is 0 Å². The lowest BCUT2D eigenvalue weighted by atomic mass is 9.69. The van der Waals surface area contributed by atoms with Crippen LogP contribution in [0.1, 0.15) is 47.0 Å². The summed E-state index contributed by atoms with van der Waals surface area (Å²) in [6.07, 6.45) is 3.24. The van der Waals surface area contributed by atoms with Crippen molar-refractivity contribution in [2.45, 2.75) is 57.9 Å². The summed E-state index contributed by atoms with van der Waals surface area (Å²) in [7, 11) is -4.90. The van der Waals surface area contributed by atoms with Crippen LogP contribution < -0.4 is 15.9 Å². The molecule has 39 heavy (non-hydrogen) atoms. The molecule has 2 fully saturated rings. The van der Waals surface area contributed by atoms with Crippen LogP contribution in [0.2, 0.25) is 0 Å². The Hall–Kier alpha value is -2.52. The Morgan fingerprint density at radius 2 is 1.41 bits per heavy atom. The molecule has 0 amide bonds. The maximum atomic E-state index is 14.9. The largest absolute Gasteiger partial charge is 0.244 e. The van der Waals surface area contributed by atoms with Gasteiger partial charge in [0.2, 0.25) is 10.0 Å². The van der Waals surface area contributed by atoms with E-state index in [1.165, 1.54) is 6.42 Å². The van der Waals surface area contributed by atoms with E-state index in [1.807, 2.05) is 47.6 Å². The van der Waals surface area contributed by atoms with E-state index in [2.05, 4.69) is 81.4 Å². The fourth-order valence-electron chi connectivity index (χ4n) is 7.52. The van der Waals surface area contributed by atoms with E-state index in [0.29, 0.717) is 17.4 Å². The summed E-state index contributed by atoms with van der Waals surface area (Å²) in [4.78, 5) is 0.464. The van der Waals surface area contributed by atoms with Crippen molar-refractivity contribution in [2.24, 2.45) is 16.7 Å². The molecule has 0 heterocycles. The molecule has 3 nitrogen and oxygen atoms in total. The summed E-state index contributed by atoms with van der Waals surface area (Å²) in [6.45, 7) is 9.54. The van der Waals surface area contributed by atoms with E-state index in [1.54, 1.807) is 0 Å². The molecule has 0 N–H and O–H groups in total. The second kappa shape index (κ2) is 9.84. The summed E-state index contributed by atoms with van der Waals surface area (Å²) in [5, 5.41) is 5.34. The second-order valence-electron chi connectivity index (χ2n) is 12.0. The number of hydrogen-bond acceptors (Lipinski definition) is 2. The monoisotopic (exact) mass is 555 g/mol. The van der Waals surface area contributed by atoms with Crippen molar-refractivity contribution >= 4 is 44.6 Å². The quantitative estimate of drug-likeness (QED) is 0.235. The Labute approximate surface area is 235 Å². The second-order valence-corrected chi connectivity index (χ2v) is 16.0. The van der Waals surface area contributed by atoms with Crippen LogP contribution in [0.4, 0.5) is 0 Å². The third kappa shape index (κ3) is 4.10. The smallest absolute Gasteiger partial charge is 0.207 e. The SMILES string of the molecule is CCN([C@@H]1C[C@H]2CC[C@]1(C)C2(C)C)S(=O)(=O)c1ccc2ccccc2c1P(c1ccccc1)c1ccccc1. The highest BCUT2D eigenvalue weighted by atomic mass is 32.2. The van der Waals surface area contributed by atoms with Crippen LogP contribution in [0.15, 0.2) is 102 Å². The van der Waals surface area contributed by atoms with Gasteiger partial charge in [0.05, 0.1) is 4.90 Å². The average molecular weight is 556 g/mol. The first-order chi connectivity index (χ1) is 18.7. The highest BCUT2D eigenvalue weighted by Crippen LogP contribution is 2.67. The molecule has 4 aromatic carbocycles. The number of sulfonamides is 1. The predicted molar refractivity (Wildman–Crippen MR) is 165 cm³/mol. The van der Waals surface area contributed by atoms with Crippen LogP contribution in [-0.2, 0) is 10.0 Å². The predicted octanol–water partition coefficient (Wildman–Crippen LogP) is 6.82. The molecule has 2 bridgehead atoms. The molecule has 0 aromatic heterocycles. The lowest BCUT2D eigenvalue weighted by Gasteiger charge is -2.44. The number of rotatable bonds is 7. The van der Waals surface area contributed by atoms with Crippen LogP contribution in [0, 0.1) is 16.7 Å². The first-order valence-electron chi connectivity index (χ1n) is 14.1. The van der Waals surface area contributed by atoms with Gasteiger partial charge >= 0.3 is 0 Å².